The minimum Gasteiger partial charge on any atom is -0.489 e. The first-order valence-electron chi connectivity index (χ1n) is 9.71. The van der Waals surface area contributed by atoms with Crippen molar-refractivity contribution in [1.82, 2.24) is 4.90 Å². The third-order valence-corrected chi connectivity index (χ3v) is 6.11. The van der Waals surface area contributed by atoms with Crippen LogP contribution < -0.4 is 10.1 Å². The number of carbonyl (C=O) groups is 1. The molecular weight excluding hydrogens is 380 g/mol. The summed E-state index contributed by atoms with van der Waals surface area (Å²) in [4.78, 5) is 14.7. The number of anilines is 1. The molecule has 1 aliphatic rings. The summed E-state index contributed by atoms with van der Waals surface area (Å²) >= 11 is 1.78. The van der Waals surface area contributed by atoms with Crippen LogP contribution in [0.3, 0.4) is 0 Å². The van der Waals surface area contributed by atoms with Crippen LogP contribution in [0.5, 0.6) is 5.75 Å². The van der Waals surface area contributed by atoms with Crippen LogP contribution in [0.25, 0.3) is 0 Å². The van der Waals surface area contributed by atoms with E-state index in [4.69, 9.17) is 4.74 Å². The Morgan fingerprint density at radius 2 is 1.86 bits per heavy atom. The third kappa shape index (κ3) is 4.93. The summed E-state index contributed by atoms with van der Waals surface area (Å²) in [6.45, 7) is 3.29. The second-order valence-corrected chi connectivity index (χ2v) is 8.25. The van der Waals surface area contributed by atoms with Crippen LogP contribution in [0.15, 0.2) is 78.9 Å². The summed E-state index contributed by atoms with van der Waals surface area (Å²) < 4.78 is 5.97. The van der Waals surface area contributed by atoms with E-state index in [1.54, 1.807) is 11.8 Å². The molecule has 1 N–H and O–H groups in total. The number of nitrogens with zero attached hydrogens (tertiary/aromatic N) is 1. The van der Waals surface area contributed by atoms with Gasteiger partial charge in [0.05, 0.1) is 0 Å². The summed E-state index contributed by atoms with van der Waals surface area (Å²) in [7, 11) is 0. The van der Waals surface area contributed by atoms with Crippen molar-refractivity contribution in [2.45, 2.75) is 18.9 Å². The van der Waals surface area contributed by atoms with Crippen molar-refractivity contribution in [3.8, 4) is 5.75 Å². The molecule has 29 heavy (non-hydrogen) atoms. The molecule has 1 heterocycles. The standard InChI is InChI=1S/C24H24N2O2S/c1-18-10-12-21(13-11-18)25-24(27)26-14-15-29-23(26)20-8-5-9-22(16-20)28-17-19-6-3-2-4-7-19/h2-13,16,23H,14-15,17H2,1H3,(H,25,27)/t23-/m1/s1. The molecule has 0 bridgehead atoms. The minimum atomic E-state index is -0.0699. The number of ether oxygens (including phenoxy) is 1. The molecule has 1 saturated heterocycles. The molecule has 2 amide bonds. The van der Waals surface area contributed by atoms with Gasteiger partial charge in [-0.25, -0.2) is 4.79 Å². The van der Waals surface area contributed by atoms with Crippen molar-refractivity contribution in [2.75, 3.05) is 17.6 Å². The maximum absolute atomic E-state index is 12.8. The van der Waals surface area contributed by atoms with Crippen LogP contribution in [0.2, 0.25) is 0 Å². The molecule has 148 valence electrons. The van der Waals surface area contributed by atoms with Crippen molar-refractivity contribution in [2.24, 2.45) is 0 Å². The van der Waals surface area contributed by atoms with Crippen molar-refractivity contribution < 1.29 is 9.53 Å². The predicted octanol–water partition coefficient (Wildman–Crippen LogP) is 5.85. The number of nitrogens with one attached hydrogen (secondary N) is 1. The molecule has 1 aliphatic heterocycles. The SMILES string of the molecule is Cc1ccc(NC(=O)N2CCS[C@@H]2c2cccc(OCc3ccccc3)c2)cc1. The Bertz CT molecular complexity index is 960. The lowest BCUT2D eigenvalue weighted by Crippen LogP contribution is -2.34. The number of hydrogen-bond donors (Lipinski definition) is 1. The Morgan fingerprint density at radius 3 is 2.66 bits per heavy atom. The zero-order chi connectivity index (χ0) is 20.1. The molecule has 1 atom stereocenters. The predicted molar refractivity (Wildman–Crippen MR) is 119 cm³/mol. The van der Waals surface area contributed by atoms with Gasteiger partial charge in [0, 0.05) is 18.0 Å². The highest BCUT2D eigenvalue weighted by Crippen LogP contribution is 2.39. The second kappa shape index (κ2) is 9.05. The van der Waals surface area contributed by atoms with E-state index >= 15 is 0 Å². The zero-order valence-corrected chi connectivity index (χ0v) is 17.2. The van der Waals surface area contributed by atoms with Gasteiger partial charge in [0.2, 0.25) is 0 Å². The van der Waals surface area contributed by atoms with Crippen LogP contribution in [-0.4, -0.2) is 23.2 Å². The van der Waals surface area contributed by atoms with Crippen molar-refractivity contribution in [3.05, 3.63) is 95.6 Å². The topological polar surface area (TPSA) is 41.6 Å². The number of hydrogen-bond acceptors (Lipinski definition) is 3. The largest absolute Gasteiger partial charge is 0.489 e. The third-order valence-electron chi connectivity index (χ3n) is 4.85. The number of aryl methyl sites for hydroxylation is 1. The lowest BCUT2D eigenvalue weighted by Gasteiger charge is -2.25. The summed E-state index contributed by atoms with van der Waals surface area (Å²) in [5.74, 6) is 1.74. The fourth-order valence-corrected chi connectivity index (χ4v) is 4.53. The molecule has 0 radical (unpaired) electrons. The quantitative estimate of drug-likeness (QED) is 0.580. The van der Waals surface area contributed by atoms with Gasteiger partial charge < -0.3 is 15.0 Å². The zero-order valence-electron chi connectivity index (χ0n) is 16.4. The second-order valence-electron chi connectivity index (χ2n) is 7.06. The smallest absolute Gasteiger partial charge is 0.323 e. The van der Waals surface area contributed by atoms with Crippen LogP contribution in [0.1, 0.15) is 22.1 Å². The molecule has 0 unspecified atom stereocenters. The van der Waals surface area contributed by atoms with Gasteiger partial charge in [-0.1, -0.05) is 60.2 Å². The number of carbonyl (C=O) groups excluding carboxylic acids is 1. The summed E-state index contributed by atoms with van der Waals surface area (Å²) in [5, 5.41) is 3.00. The van der Waals surface area contributed by atoms with Gasteiger partial charge in [-0.15, -0.1) is 11.8 Å². The minimum absolute atomic E-state index is 0.0132. The average molecular weight is 405 g/mol. The maximum atomic E-state index is 12.8. The molecule has 3 aromatic rings. The monoisotopic (exact) mass is 404 g/mol. The van der Waals surface area contributed by atoms with Gasteiger partial charge in [-0.3, -0.25) is 0 Å². The molecule has 3 aromatic carbocycles. The number of amides is 2. The molecule has 0 aliphatic carbocycles. The van der Waals surface area contributed by atoms with Crippen LogP contribution in [0, 0.1) is 6.92 Å². The van der Waals surface area contributed by atoms with E-state index in [0.29, 0.717) is 6.61 Å². The van der Waals surface area contributed by atoms with E-state index in [-0.39, 0.29) is 11.4 Å². The highest BCUT2D eigenvalue weighted by atomic mass is 32.2. The van der Waals surface area contributed by atoms with Gasteiger partial charge in [0.1, 0.15) is 17.7 Å². The number of benzene rings is 3. The lowest BCUT2D eigenvalue weighted by atomic mass is 10.2. The fourth-order valence-electron chi connectivity index (χ4n) is 3.29. The van der Waals surface area contributed by atoms with E-state index < -0.39 is 0 Å². The van der Waals surface area contributed by atoms with Crippen LogP contribution >= 0.6 is 11.8 Å². The van der Waals surface area contributed by atoms with E-state index in [1.807, 2.05) is 84.6 Å². The highest BCUT2D eigenvalue weighted by molar-refractivity contribution is 7.99. The normalized spacial score (nSPS) is 15.9. The van der Waals surface area contributed by atoms with Gasteiger partial charge in [0.25, 0.3) is 0 Å². The first-order chi connectivity index (χ1) is 14.2. The Morgan fingerprint density at radius 1 is 1.07 bits per heavy atom. The molecule has 5 heteroatoms. The number of urea groups is 1. The van der Waals surface area contributed by atoms with Crippen molar-refractivity contribution in [1.29, 1.82) is 0 Å². The van der Waals surface area contributed by atoms with E-state index in [2.05, 4.69) is 11.4 Å². The fraction of sp³-hybridized carbons (Fsp3) is 0.208. The van der Waals surface area contributed by atoms with Crippen molar-refractivity contribution in [3.63, 3.8) is 0 Å². The molecule has 0 saturated carbocycles. The van der Waals surface area contributed by atoms with Crippen LogP contribution in [-0.2, 0) is 6.61 Å². The Hall–Kier alpha value is -2.92. The molecule has 1 fully saturated rings. The molecule has 4 nitrogen and oxygen atoms in total. The first-order valence-corrected chi connectivity index (χ1v) is 10.8. The highest BCUT2D eigenvalue weighted by Gasteiger charge is 2.31. The van der Waals surface area contributed by atoms with E-state index in [1.165, 1.54) is 5.56 Å². The van der Waals surface area contributed by atoms with E-state index in [0.717, 1.165) is 34.9 Å². The Kier molecular flexibility index (Phi) is 6.06. The first kappa shape index (κ1) is 19.4. The summed E-state index contributed by atoms with van der Waals surface area (Å²) in [6, 6.07) is 26.0. The summed E-state index contributed by atoms with van der Waals surface area (Å²) in [5.41, 5.74) is 4.20. The maximum Gasteiger partial charge on any atom is 0.323 e. The Balaban J connectivity index is 1.44. The molecular formula is C24H24N2O2S. The average Bonchev–Trinajstić information content (AvgIpc) is 3.25. The molecule has 0 aromatic heterocycles. The van der Waals surface area contributed by atoms with Gasteiger partial charge in [-0.2, -0.15) is 0 Å². The van der Waals surface area contributed by atoms with E-state index in [9.17, 15) is 4.79 Å². The molecule has 4 rings (SSSR count). The lowest BCUT2D eigenvalue weighted by molar-refractivity contribution is 0.214. The molecule has 0 spiro atoms. The van der Waals surface area contributed by atoms with Gasteiger partial charge in [0.15, 0.2) is 0 Å². The summed E-state index contributed by atoms with van der Waals surface area (Å²) in [6.07, 6.45) is 0. The van der Waals surface area contributed by atoms with Crippen molar-refractivity contribution >= 4 is 23.5 Å². The number of thioether (sulfide) groups is 1. The van der Waals surface area contributed by atoms with Gasteiger partial charge >= 0.3 is 6.03 Å². The number of rotatable bonds is 5. The van der Waals surface area contributed by atoms with Crippen LogP contribution in [0.4, 0.5) is 10.5 Å². The van der Waals surface area contributed by atoms with Gasteiger partial charge in [-0.05, 0) is 42.3 Å². The Labute approximate surface area is 175 Å².